The highest BCUT2D eigenvalue weighted by Gasteiger charge is 2.24. The summed E-state index contributed by atoms with van der Waals surface area (Å²) in [5.74, 6) is -0.122. The molecule has 0 saturated carbocycles. The van der Waals surface area contributed by atoms with Crippen LogP contribution in [0.5, 0.6) is 0 Å². The fraction of sp³-hybridized carbons (Fsp3) is 0.556. The van der Waals surface area contributed by atoms with Crippen molar-refractivity contribution in [1.82, 2.24) is 9.80 Å². The molecular weight excluding hydrogens is 290 g/mol. The molecule has 0 radical (unpaired) electrons. The number of primary amides is 1. The third kappa shape index (κ3) is 5.36. The van der Waals surface area contributed by atoms with Crippen LogP contribution < -0.4 is 5.73 Å². The van der Waals surface area contributed by atoms with E-state index in [4.69, 9.17) is 5.73 Å². The van der Waals surface area contributed by atoms with Crippen LogP contribution in [-0.2, 0) is 16.1 Å². The van der Waals surface area contributed by atoms with E-state index in [1.54, 1.807) is 0 Å². The quantitative estimate of drug-likeness (QED) is 0.831. The molecule has 1 aromatic carbocycles. The van der Waals surface area contributed by atoms with Crippen LogP contribution in [0.25, 0.3) is 0 Å². The minimum absolute atomic E-state index is 0.0644. The molecule has 2 rings (SSSR count). The summed E-state index contributed by atoms with van der Waals surface area (Å²) < 4.78 is 0. The lowest BCUT2D eigenvalue weighted by molar-refractivity contribution is -0.132. The van der Waals surface area contributed by atoms with Crippen molar-refractivity contribution in [2.24, 2.45) is 11.7 Å². The van der Waals surface area contributed by atoms with Crippen LogP contribution in [0.4, 0.5) is 0 Å². The van der Waals surface area contributed by atoms with E-state index in [0.717, 1.165) is 24.9 Å². The molecule has 0 aromatic heterocycles. The Kier molecular flexibility index (Phi) is 6.59. The molecule has 1 heterocycles. The van der Waals surface area contributed by atoms with Gasteiger partial charge in [0, 0.05) is 32.6 Å². The number of carbonyl (C=O) groups is 2. The van der Waals surface area contributed by atoms with Gasteiger partial charge < -0.3 is 15.5 Å². The Labute approximate surface area is 138 Å². The summed E-state index contributed by atoms with van der Waals surface area (Å²) >= 11 is 0. The molecule has 5 heteroatoms. The molecule has 0 bridgehead atoms. The molecule has 1 aromatic rings. The van der Waals surface area contributed by atoms with Crippen LogP contribution in [0.3, 0.4) is 0 Å². The molecule has 23 heavy (non-hydrogen) atoms. The van der Waals surface area contributed by atoms with Gasteiger partial charge in [0.05, 0.1) is 5.92 Å². The van der Waals surface area contributed by atoms with Gasteiger partial charge in [-0.25, -0.2) is 0 Å². The Morgan fingerprint density at radius 1 is 1.30 bits per heavy atom. The normalized spacial score (nSPS) is 18.6. The predicted molar refractivity (Wildman–Crippen MR) is 90.5 cm³/mol. The molecule has 126 valence electrons. The molecule has 1 fully saturated rings. The number of likely N-dealkylation sites (tertiary alicyclic amines) is 1. The molecule has 1 aliphatic heterocycles. The monoisotopic (exact) mass is 317 g/mol. The van der Waals surface area contributed by atoms with Crippen LogP contribution >= 0.6 is 0 Å². The van der Waals surface area contributed by atoms with Gasteiger partial charge in [0.15, 0.2) is 0 Å². The number of carbonyl (C=O) groups excluding carboxylic acids is 2. The average molecular weight is 317 g/mol. The zero-order valence-corrected chi connectivity index (χ0v) is 13.9. The van der Waals surface area contributed by atoms with Crippen molar-refractivity contribution < 1.29 is 9.59 Å². The van der Waals surface area contributed by atoms with Crippen molar-refractivity contribution in [1.29, 1.82) is 0 Å². The van der Waals surface area contributed by atoms with Gasteiger partial charge in [-0.2, -0.15) is 0 Å². The molecule has 1 atom stereocenters. The zero-order valence-electron chi connectivity index (χ0n) is 13.9. The fourth-order valence-corrected chi connectivity index (χ4v) is 3.08. The fourth-order valence-electron chi connectivity index (χ4n) is 3.08. The van der Waals surface area contributed by atoms with Gasteiger partial charge >= 0.3 is 0 Å². The minimum atomic E-state index is -0.222. The Morgan fingerprint density at radius 3 is 2.70 bits per heavy atom. The molecule has 1 aliphatic rings. The SMILES string of the molecule is CCN(Cc1ccccc1)C(=O)CCN1CCC[C@H](C(N)=O)C1. The van der Waals surface area contributed by atoms with Crippen LogP contribution in [0, 0.1) is 5.92 Å². The number of hydrogen-bond donors (Lipinski definition) is 1. The van der Waals surface area contributed by atoms with Gasteiger partial charge in [0.25, 0.3) is 0 Å². The summed E-state index contributed by atoms with van der Waals surface area (Å²) in [6.07, 6.45) is 2.34. The summed E-state index contributed by atoms with van der Waals surface area (Å²) in [4.78, 5) is 27.8. The highest BCUT2D eigenvalue weighted by molar-refractivity contribution is 5.77. The number of piperidine rings is 1. The Bertz CT molecular complexity index is 518. The summed E-state index contributed by atoms with van der Waals surface area (Å²) in [5.41, 5.74) is 6.55. The summed E-state index contributed by atoms with van der Waals surface area (Å²) in [6, 6.07) is 10.0. The van der Waals surface area contributed by atoms with Crippen molar-refractivity contribution in [3.63, 3.8) is 0 Å². The second-order valence-corrected chi connectivity index (χ2v) is 6.19. The molecule has 0 spiro atoms. The van der Waals surface area contributed by atoms with E-state index in [1.165, 1.54) is 0 Å². The Hall–Kier alpha value is -1.88. The maximum Gasteiger partial charge on any atom is 0.224 e. The first-order chi connectivity index (χ1) is 11.1. The van der Waals surface area contributed by atoms with Gasteiger partial charge in [-0.3, -0.25) is 9.59 Å². The van der Waals surface area contributed by atoms with Gasteiger partial charge in [-0.1, -0.05) is 30.3 Å². The van der Waals surface area contributed by atoms with E-state index < -0.39 is 0 Å². The molecule has 0 unspecified atom stereocenters. The van der Waals surface area contributed by atoms with Gasteiger partial charge in [0.1, 0.15) is 0 Å². The first kappa shape index (κ1) is 17.5. The number of rotatable bonds is 7. The van der Waals surface area contributed by atoms with E-state index >= 15 is 0 Å². The van der Waals surface area contributed by atoms with Crippen LogP contribution in [0.2, 0.25) is 0 Å². The van der Waals surface area contributed by atoms with E-state index in [9.17, 15) is 9.59 Å². The third-order valence-corrected chi connectivity index (χ3v) is 4.50. The van der Waals surface area contributed by atoms with Gasteiger partial charge in [0.2, 0.25) is 11.8 Å². The maximum atomic E-state index is 12.4. The lowest BCUT2D eigenvalue weighted by Crippen LogP contribution is -2.42. The van der Waals surface area contributed by atoms with E-state index in [-0.39, 0.29) is 17.7 Å². The van der Waals surface area contributed by atoms with Gasteiger partial charge in [-0.15, -0.1) is 0 Å². The lowest BCUT2D eigenvalue weighted by Gasteiger charge is -2.31. The molecule has 1 saturated heterocycles. The number of amides is 2. The topological polar surface area (TPSA) is 66.6 Å². The zero-order chi connectivity index (χ0) is 16.7. The lowest BCUT2D eigenvalue weighted by atomic mass is 9.97. The molecule has 5 nitrogen and oxygen atoms in total. The van der Waals surface area contributed by atoms with Crippen molar-refractivity contribution in [2.45, 2.75) is 32.7 Å². The maximum absolute atomic E-state index is 12.4. The minimum Gasteiger partial charge on any atom is -0.369 e. The van der Waals surface area contributed by atoms with E-state index in [1.807, 2.05) is 42.2 Å². The summed E-state index contributed by atoms with van der Waals surface area (Å²) in [6.45, 7) is 5.70. The number of nitrogens with two attached hydrogens (primary N) is 1. The second kappa shape index (κ2) is 8.67. The standard InChI is InChI=1S/C18H27N3O2/c1-2-21(13-15-7-4-3-5-8-15)17(22)10-12-20-11-6-9-16(14-20)18(19)23/h3-5,7-8,16H,2,6,9-14H2,1H3,(H2,19,23)/t16-/m0/s1. The molecule has 0 aliphatic carbocycles. The molecular formula is C18H27N3O2. The highest BCUT2D eigenvalue weighted by Crippen LogP contribution is 2.16. The third-order valence-electron chi connectivity index (χ3n) is 4.50. The first-order valence-corrected chi connectivity index (χ1v) is 8.43. The van der Waals surface area contributed by atoms with Crippen molar-refractivity contribution in [3.05, 3.63) is 35.9 Å². The average Bonchev–Trinajstić information content (AvgIpc) is 2.58. The highest BCUT2D eigenvalue weighted by atomic mass is 16.2. The molecule has 2 N–H and O–H groups in total. The number of nitrogens with zero attached hydrogens (tertiary/aromatic N) is 2. The van der Waals surface area contributed by atoms with Crippen LogP contribution in [-0.4, -0.2) is 47.8 Å². The van der Waals surface area contributed by atoms with Crippen LogP contribution in [0.15, 0.2) is 30.3 Å². The predicted octanol–water partition coefficient (Wildman–Crippen LogP) is 1.62. The Balaban J connectivity index is 1.81. The van der Waals surface area contributed by atoms with E-state index in [0.29, 0.717) is 32.6 Å². The van der Waals surface area contributed by atoms with E-state index in [2.05, 4.69) is 4.90 Å². The Morgan fingerprint density at radius 2 is 2.04 bits per heavy atom. The van der Waals surface area contributed by atoms with Crippen molar-refractivity contribution >= 4 is 11.8 Å². The van der Waals surface area contributed by atoms with Gasteiger partial charge in [-0.05, 0) is 31.9 Å². The number of hydrogen-bond acceptors (Lipinski definition) is 3. The largest absolute Gasteiger partial charge is 0.369 e. The molecule has 2 amide bonds. The summed E-state index contributed by atoms with van der Waals surface area (Å²) in [5, 5.41) is 0. The number of benzene rings is 1. The first-order valence-electron chi connectivity index (χ1n) is 8.43. The second-order valence-electron chi connectivity index (χ2n) is 6.19. The van der Waals surface area contributed by atoms with Crippen LogP contribution in [0.1, 0.15) is 31.7 Å². The van der Waals surface area contributed by atoms with Crippen molar-refractivity contribution in [2.75, 3.05) is 26.2 Å². The summed E-state index contributed by atoms with van der Waals surface area (Å²) in [7, 11) is 0. The van der Waals surface area contributed by atoms with Crippen molar-refractivity contribution in [3.8, 4) is 0 Å². The smallest absolute Gasteiger partial charge is 0.224 e.